The van der Waals surface area contributed by atoms with Crippen molar-refractivity contribution in [2.24, 2.45) is 0 Å². The first-order chi connectivity index (χ1) is 8.96. The summed E-state index contributed by atoms with van der Waals surface area (Å²) < 4.78 is 75.7. The van der Waals surface area contributed by atoms with Crippen LogP contribution < -0.4 is 4.90 Å². The van der Waals surface area contributed by atoms with Crippen LogP contribution in [-0.2, 0) is 17.1 Å². The van der Waals surface area contributed by atoms with E-state index in [-0.39, 0.29) is 12.5 Å². The van der Waals surface area contributed by atoms with Crippen LogP contribution in [0.2, 0.25) is 0 Å². The number of hydrogen-bond acceptors (Lipinski definition) is 1. The van der Waals surface area contributed by atoms with Gasteiger partial charge in [-0.25, -0.2) is 0 Å². The average Bonchev–Trinajstić information content (AvgIpc) is 2.34. The van der Waals surface area contributed by atoms with Gasteiger partial charge in [0.1, 0.15) is 0 Å². The molecule has 2 nitrogen and oxygen atoms in total. The zero-order valence-corrected chi connectivity index (χ0v) is 10.6. The minimum absolute atomic E-state index is 0.0216. The van der Waals surface area contributed by atoms with E-state index in [2.05, 4.69) is 0 Å². The molecular weight excluding hydrogens is 288 g/mol. The van der Waals surface area contributed by atoms with Crippen molar-refractivity contribution in [1.82, 2.24) is 0 Å². The molecule has 0 unspecified atom stereocenters. The Kier molecular flexibility index (Phi) is 4.36. The van der Waals surface area contributed by atoms with Crippen LogP contribution in [-0.4, -0.2) is 13.0 Å². The van der Waals surface area contributed by atoms with E-state index in [1.807, 2.05) is 0 Å². The second kappa shape index (κ2) is 5.34. The molecule has 0 aromatic heterocycles. The van der Waals surface area contributed by atoms with Crippen molar-refractivity contribution in [3.8, 4) is 0 Å². The summed E-state index contributed by atoms with van der Waals surface area (Å²) in [6, 6.07) is 1.05. The van der Waals surface area contributed by atoms with E-state index < -0.39 is 35.1 Å². The molecule has 20 heavy (non-hydrogen) atoms. The third-order valence-electron chi connectivity index (χ3n) is 2.64. The summed E-state index contributed by atoms with van der Waals surface area (Å²) in [5.74, 6) is -0.586. The second-order valence-corrected chi connectivity index (χ2v) is 4.07. The van der Waals surface area contributed by atoms with Crippen LogP contribution >= 0.6 is 0 Å². The molecule has 0 spiro atoms. The van der Waals surface area contributed by atoms with Crippen molar-refractivity contribution in [3.63, 3.8) is 0 Å². The fourth-order valence-corrected chi connectivity index (χ4v) is 1.51. The molecule has 0 radical (unpaired) electrons. The molecule has 0 aliphatic rings. The van der Waals surface area contributed by atoms with Gasteiger partial charge >= 0.3 is 12.4 Å². The molecule has 1 amide bonds. The molecule has 0 saturated heterocycles. The number of carbonyl (C=O) groups is 1. The van der Waals surface area contributed by atoms with Crippen molar-refractivity contribution >= 4 is 11.6 Å². The predicted molar refractivity (Wildman–Crippen MR) is 60.1 cm³/mol. The second-order valence-electron chi connectivity index (χ2n) is 4.07. The topological polar surface area (TPSA) is 20.3 Å². The molecule has 0 fully saturated rings. The lowest BCUT2D eigenvalue weighted by Gasteiger charge is -2.20. The number of carbonyl (C=O) groups excluding carboxylic acids is 1. The van der Waals surface area contributed by atoms with Gasteiger partial charge in [-0.3, -0.25) is 4.79 Å². The number of hydrogen-bond donors (Lipinski definition) is 0. The Hall–Kier alpha value is -1.73. The Bertz CT molecular complexity index is 473. The van der Waals surface area contributed by atoms with Crippen molar-refractivity contribution in [2.45, 2.75) is 25.7 Å². The van der Waals surface area contributed by atoms with Crippen molar-refractivity contribution < 1.29 is 31.1 Å². The first kappa shape index (κ1) is 16.3. The van der Waals surface area contributed by atoms with Gasteiger partial charge in [0.15, 0.2) is 0 Å². The Morgan fingerprint density at radius 1 is 1.00 bits per heavy atom. The van der Waals surface area contributed by atoms with Crippen molar-refractivity contribution in [3.05, 3.63) is 29.3 Å². The Morgan fingerprint density at radius 2 is 1.40 bits per heavy atom. The quantitative estimate of drug-likeness (QED) is 0.753. The van der Waals surface area contributed by atoms with Crippen LogP contribution in [0.4, 0.5) is 32.0 Å². The fourth-order valence-electron chi connectivity index (χ4n) is 1.51. The van der Waals surface area contributed by atoms with E-state index in [0.717, 1.165) is 11.9 Å². The Morgan fingerprint density at radius 3 is 1.70 bits per heavy atom. The number of alkyl halides is 6. The van der Waals surface area contributed by atoms with E-state index in [0.29, 0.717) is 12.1 Å². The lowest BCUT2D eigenvalue weighted by molar-refractivity contribution is -0.143. The molecule has 0 aliphatic heterocycles. The van der Waals surface area contributed by atoms with Crippen molar-refractivity contribution in [1.29, 1.82) is 0 Å². The maximum Gasteiger partial charge on any atom is 0.416 e. The average molecular weight is 299 g/mol. The summed E-state index contributed by atoms with van der Waals surface area (Å²) in [6.45, 7) is 1.46. The highest BCUT2D eigenvalue weighted by atomic mass is 19.4. The third kappa shape index (κ3) is 3.64. The minimum atomic E-state index is -4.92. The van der Waals surface area contributed by atoms with Crippen LogP contribution in [0.5, 0.6) is 0 Å². The minimum Gasteiger partial charge on any atom is -0.315 e. The van der Waals surface area contributed by atoms with Crippen LogP contribution in [0.15, 0.2) is 18.2 Å². The van der Waals surface area contributed by atoms with Gasteiger partial charge in [-0.2, -0.15) is 26.3 Å². The van der Waals surface area contributed by atoms with Gasteiger partial charge in [0, 0.05) is 19.2 Å². The summed E-state index contributed by atoms with van der Waals surface area (Å²) in [7, 11) is 1.13. The first-order valence-corrected chi connectivity index (χ1v) is 5.53. The summed E-state index contributed by atoms with van der Waals surface area (Å²) in [6.07, 6.45) is -9.88. The monoisotopic (exact) mass is 299 g/mol. The molecule has 0 atom stereocenters. The molecule has 0 N–H and O–H groups in total. The lowest BCUT2D eigenvalue weighted by Crippen LogP contribution is -2.26. The zero-order chi connectivity index (χ0) is 15.7. The molecule has 0 saturated carbocycles. The van der Waals surface area contributed by atoms with Gasteiger partial charge in [-0.05, 0) is 18.2 Å². The van der Waals surface area contributed by atoms with Gasteiger partial charge < -0.3 is 4.90 Å². The van der Waals surface area contributed by atoms with Crippen LogP contribution in [0.25, 0.3) is 0 Å². The molecule has 0 aliphatic carbocycles. The number of amides is 1. The Labute approximate surface area is 111 Å². The summed E-state index contributed by atoms with van der Waals surface area (Å²) >= 11 is 0. The number of rotatable bonds is 2. The first-order valence-electron chi connectivity index (χ1n) is 5.53. The number of anilines is 1. The highest BCUT2D eigenvalue weighted by Crippen LogP contribution is 2.38. The molecule has 1 rings (SSSR count). The fraction of sp³-hybridized carbons (Fsp3) is 0.417. The van der Waals surface area contributed by atoms with Crippen LogP contribution in [0, 0.1) is 0 Å². The smallest absolute Gasteiger partial charge is 0.315 e. The zero-order valence-electron chi connectivity index (χ0n) is 10.6. The van der Waals surface area contributed by atoms with Crippen molar-refractivity contribution in [2.75, 3.05) is 11.9 Å². The summed E-state index contributed by atoms with van der Waals surface area (Å²) in [4.78, 5) is 12.2. The summed E-state index contributed by atoms with van der Waals surface area (Å²) in [5, 5.41) is 0. The van der Waals surface area contributed by atoms with Gasteiger partial charge in [0.25, 0.3) is 0 Å². The standard InChI is InChI=1S/C12H11F6NO/c1-3-10(20)19(2)9-5-7(11(13,14)15)4-8(6-9)12(16,17)18/h4-6H,3H2,1-2H3. The lowest BCUT2D eigenvalue weighted by atomic mass is 10.1. The van der Waals surface area contributed by atoms with Crippen LogP contribution in [0.3, 0.4) is 0 Å². The molecular formula is C12H11F6NO. The van der Waals surface area contributed by atoms with E-state index in [9.17, 15) is 31.1 Å². The normalized spacial score (nSPS) is 12.4. The molecule has 8 heteroatoms. The Balaban J connectivity index is 3.42. The highest BCUT2D eigenvalue weighted by Gasteiger charge is 2.37. The molecule has 0 heterocycles. The maximum atomic E-state index is 12.6. The molecule has 1 aromatic carbocycles. The van der Waals surface area contributed by atoms with Gasteiger partial charge in [-0.15, -0.1) is 0 Å². The van der Waals surface area contributed by atoms with E-state index in [1.165, 1.54) is 6.92 Å². The molecule has 1 aromatic rings. The largest absolute Gasteiger partial charge is 0.416 e. The number of nitrogens with zero attached hydrogens (tertiary/aromatic N) is 1. The SMILES string of the molecule is CCC(=O)N(C)c1cc(C(F)(F)F)cc(C(F)(F)F)c1. The number of benzene rings is 1. The predicted octanol–water partition coefficient (Wildman–Crippen LogP) is 4.10. The third-order valence-corrected chi connectivity index (χ3v) is 2.64. The van der Waals surface area contributed by atoms with E-state index >= 15 is 0 Å². The van der Waals surface area contributed by atoms with Gasteiger partial charge in [0.05, 0.1) is 11.1 Å². The van der Waals surface area contributed by atoms with Crippen LogP contribution in [0.1, 0.15) is 24.5 Å². The molecule has 0 bridgehead atoms. The van der Waals surface area contributed by atoms with Gasteiger partial charge in [-0.1, -0.05) is 6.92 Å². The van der Waals surface area contributed by atoms with E-state index in [4.69, 9.17) is 0 Å². The van der Waals surface area contributed by atoms with Gasteiger partial charge in [0.2, 0.25) is 5.91 Å². The molecule has 112 valence electrons. The summed E-state index contributed by atoms with van der Waals surface area (Å²) in [5.41, 5.74) is -3.34. The number of halogens is 6. The highest BCUT2D eigenvalue weighted by molar-refractivity contribution is 5.92. The maximum absolute atomic E-state index is 12.6. The van der Waals surface area contributed by atoms with E-state index in [1.54, 1.807) is 0 Å².